The lowest BCUT2D eigenvalue weighted by Gasteiger charge is -2.21. The van der Waals surface area contributed by atoms with Crippen molar-refractivity contribution in [3.05, 3.63) is 38.9 Å². The van der Waals surface area contributed by atoms with Crippen molar-refractivity contribution in [3.8, 4) is 0 Å². The predicted molar refractivity (Wildman–Crippen MR) is 97.9 cm³/mol. The Labute approximate surface area is 146 Å². The third kappa shape index (κ3) is 3.59. The van der Waals surface area contributed by atoms with Gasteiger partial charge in [0.05, 0.1) is 10.9 Å². The highest BCUT2D eigenvalue weighted by Gasteiger charge is 2.21. The van der Waals surface area contributed by atoms with E-state index in [4.69, 9.17) is 12.2 Å². The van der Waals surface area contributed by atoms with Gasteiger partial charge in [-0.2, -0.15) is 0 Å². The third-order valence-electron chi connectivity index (χ3n) is 4.82. The zero-order chi connectivity index (χ0) is 17.1. The Kier molecular flexibility index (Phi) is 5.14. The van der Waals surface area contributed by atoms with E-state index >= 15 is 0 Å². The summed E-state index contributed by atoms with van der Waals surface area (Å²) in [5, 5.41) is 0.513. The van der Waals surface area contributed by atoms with E-state index in [2.05, 4.69) is 16.9 Å². The minimum atomic E-state index is -0.232. The van der Waals surface area contributed by atoms with Gasteiger partial charge in [0.25, 0.3) is 11.5 Å². The van der Waals surface area contributed by atoms with Gasteiger partial charge in [0.15, 0.2) is 4.77 Å². The van der Waals surface area contributed by atoms with Gasteiger partial charge < -0.3 is 9.88 Å². The fourth-order valence-electron chi connectivity index (χ4n) is 3.55. The summed E-state index contributed by atoms with van der Waals surface area (Å²) in [5.74, 6) is 0.771. The van der Waals surface area contributed by atoms with Gasteiger partial charge >= 0.3 is 0 Å². The molecule has 0 saturated carbocycles. The molecule has 2 N–H and O–H groups in total. The van der Waals surface area contributed by atoms with Crippen LogP contribution in [0.3, 0.4) is 0 Å². The van der Waals surface area contributed by atoms with Crippen molar-refractivity contribution in [3.63, 3.8) is 0 Å². The SMILES string of the molecule is CCC[C@H]1CCCN(C(=O)c2ccc3c(=O)[nH]c(=S)[nH]c3c2)CC1. The fraction of sp³-hybridized carbons (Fsp3) is 0.500. The van der Waals surface area contributed by atoms with Crippen LogP contribution in [-0.4, -0.2) is 33.9 Å². The number of hydrogen-bond acceptors (Lipinski definition) is 3. The number of benzene rings is 1. The molecule has 128 valence electrons. The standard InChI is InChI=1S/C18H23N3O2S/c1-2-4-12-5-3-9-21(10-8-12)17(23)13-6-7-14-15(11-13)19-18(24)20-16(14)22/h6-7,11-12H,2-5,8-10H2,1H3,(H2,19,20,22,24)/t12-/m0/s1. The van der Waals surface area contributed by atoms with Gasteiger partial charge in [-0.3, -0.25) is 14.6 Å². The number of carbonyl (C=O) groups excluding carboxylic acids is 1. The first-order valence-corrected chi connectivity index (χ1v) is 9.05. The minimum Gasteiger partial charge on any atom is -0.339 e. The summed E-state index contributed by atoms with van der Waals surface area (Å²) in [4.78, 5) is 32.2. The van der Waals surface area contributed by atoms with Gasteiger partial charge in [-0.15, -0.1) is 0 Å². The highest BCUT2D eigenvalue weighted by molar-refractivity contribution is 7.71. The molecule has 6 heteroatoms. The van der Waals surface area contributed by atoms with Crippen LogP contribution in [0.2, 0.25) is 0 Å². The molecular weight excluding hydrogens is 322 g/mol. The number of aromatic nitrogens is 2. The molecule has 1 aromatic carbocycles. The third-order valence-corrected chi connectivity index (χ3v) is 5.02. The Balaban J connectivity index is 1.83. The second-order valence-electron chi connectivity index (χ2n) is 6.55. The van der Waals surface area contributed by atoms with E-state index in [1.807, 2.05) is 4.90 Å². The summed E-state index contributed by atoms with van der Waals surface area (Å²) in [5.41, 5.74) is 0.978. The molecule has 1 aliphatic heterocycles. The van der Waals surface area contributed by atoms with E-state index in [-0.39, 0.29) is 16.2 Å². The maximum atomic E-state index is 12.8. The van der Waals surface area contributed by atoms with E-state index in [0.29, 0.717) is 16.5 Å². The topological polar surface area (TPSA) is 69.0 Å². The average Bonchev–Trinajstić information content (AvgIpc) is 2.79. The van der Waals surface area contributed by atoms with Gasteiger partial charge in [0, 0.05) is 18.7 Å². The van der Waals surface area contributed by atoms with Crippen LogP contribution in [0.5, 0.6) is 0 Å². The van der Waals surface area contributed by atoms with Gasteiger partial charge in [0.2, 0.25) is 0 Å². The van der Waals surface area contributed by atoms with Crippen LogP contribution >= 0.6 is 12.2 Å². The van der Waals surface area contributed by atoms with Crippen LogP contribution < -0.4 is 5.56 Å². The number of likely N-dealkylation sites (tertiary alicyclic amines) is 1. The Morgan fingerprint density at radius 3 is 2.92 bits per heavy atom. The highest BCUT2D eigenvalue weighted by Crippen LogP contribution is 2.23. The molecule has 1 atom stereocenters. The molecule has 3 rings (SSSR count). The van der Waals surface area contributed by atoms with Crippen LogP contribution in [-0.2, 0) is 0 Å². The molecule has 1 amide bonds. The summed E-state index contributed by atoms with van der Waals surface area (Å²) >= 11 is 5.01. The van der Waals surface area contributed by atoms with E-state index in [9.17, 15) is 9.59 Å². The highest BCUT2D eigenvalue weighted by atomic mass is 32.1. The number of fused-ring (bicyclic) bond motifs is 1. The summed E-state index contributed by atoms with van der Waals surface area (Å²) in [6, 6.07) is 5.15. The smallest absolute Gasteiger partial charge is 0.259 e. The van der Waals surface area contributed by atoms with Gasteiger partial charge in [-0.05, 0) is 55.6 Å². The lowest BCUT2D eigenvalue weighted by Crippen LogP contribution is -2.32. The predicted octanol–water partition coefficient (Wildman–Crippen LogP) is 3.63. The van der Waals surface area contributed by atoms with E-state index < -0.39 is 0 Å². The van der Waals surface area contributed by atoms with Crippen LogP contribution in [0.25, 0.3) is 10.9 Å². The molecule has 1 aromatic heterocycles. The molecule has 24 heavy (non-hydrogen) atoms. The van der Waals surface area contributed by atoms with Crippen LogP contribution in [0.1, 0.15) is 49.4 Å². The number of rotatable bonds is 3. The summed E-state index contributed by atoms with van der Waals surface area (Å²) in [7, 11) is 0. The first kappa shape index (κ1) is 16.9. The van der Waals surface area contributed by atoms with Crippen molar-refractivity contribution >= 4 is 29.0 Å². The molecule has 5 nitrogen and oxygen atoms in total. The normalized spacial score (nSPS) is 18.5. The Morgan fingerprint density at radius 2 is 2.12 bits per heavy atom. The summed E-state index contributed by atoms with van der Waals surface area (Å²) in [6.45, 7) is 3.84. The number of nitrogens with one attached hydrogen (secondary N) is 2. The van der Waals surface area contributed by atoms with Crippen molar-refractivity contribution in [2.45, 2.75) is 39.0 Å². The quantitative estimate of drug-likeness (QED) is 0.835. The fourth-order valence-corrected chi connectivity index (χ4v) is 3.75. The number of amides is 1. The Bertz CT molecular complexity index is 855. The molecule has 2 aromatic rings. The molecule has 0 bridgehead atoms. The second-order valence-corrected chi connectivity index (χ2v) is 6.95. The Hall–Kier alpha value is -1.95. The van der Waals surface area contributed by atoms with E-state index in [0.717, 1.165) is 31.8 Å². The molecule has 0 unspecified atom stereocenters. The maximum absolute atomic E-state index is 12.8. The molecule has 0 radical (unpaired) electrons. The van der Waals surface area contributed by atoms with Gasteiger partial charge in [-0.25, -0.2) is 0 Å². The lowest BCUT2D eigenvalue weighted by molar-refractivity contribution is 0.0760. The number of aromatic amines is 2. The van der Waals surface area contributed by atoms with Crippen molar-refractivity contribution < 1.29 is 4.79 Å². The number of carbonyl (C=O) groups is 1. The summed E-state index contributed by atoms with van der Waals surface area (Å²) < 4.78 is 0.272. The Morgan fingerprint density at radius 1 is 1.29 bits per heavy atom. The molecule has 1 aliphatic rings. The lowest BCUT2D eigenvalue weighted by atomic mass is 9.96. The first-order chi connectivity index (χ1) is 11.6. The second kappa shape index (κ2) is 7.30. The zero-order valence-corrected chi connectivity index (χ0v) is 14.7. The number of H-pyrrole nitrogens is 2. The largest absolute Gasteiger partial charge is 0.339 e. The molecule has 1 saturated heterocycles. The maximum Gasteiger partial charge on any atom is 0.259 e. The molecule has 1 fully saturated rings. The van der Waals surface area contributed by atoms with Crippen molar-refractivity contribution in [1.82, 2.24) is 14.9 Å². The van der Waals surface area contributed by atoms with E-state index in [1.165, 1.54) is 19.3 Å². The van der Waals surface area contributed by atoms with Gasteiger partial charge in [0.1, 0.15) is 0 Å². The first-order valence-electron chi connectivity index (χ1n) is 8.64. The molecular formula is C18H23N3O2S. The molecule has 0 spiro atoms. The van der Waals surface area contributed by atoms with Crippen molar-refractivity contribution in [2.24, 2.45) is 5.92 Å². The number of hydrogen-bond donors (Lipinski definition) is 2. The van der Waals surface area contributed by atoms with Crippen molar-refractivity contribution in [2.75, 3.05) is 13.1 Å². The number of nitrogens with zero attached hydrogens (tertiary/aromatic N) is 1. The van der Waals surface area contributed by atoms with Crippen LogP contribution in [0.4, 0.5) is 0 Å². The zero-order valence-electron chi connectivity index (χ0n) is 13.9. The molecule has 0 aliphatic carbocycles. The van der Waals surface area contributed by atoms with Crippen LogP contribution in [0, 0.1) is 10.7 Å². The molecule has 2 heterocycles. The van der Waals surface area contributed by atoms with Gasteiger partial charge in [-0.1, -0.05) is 19.8 Å². The summed E-state index contributed by atoms with van der Waals surface area (Å²) in [6.07, 6.45) is 5.80. The van der Waals surface area contributed by atoms with Crippen LogP contribution in [0.15, 0.2) is 23.0 Å². The minimum absolute atomic E-state index is 0.0358. The van der Waals surface area contributed by atoms with Crippen molar-refractivity contribution in [1.29, 1.82) is 0 Å². The van der Waals surface area contributed by atoms with E-state index in [1.54, 1.807) is 18.2 Å². The average molecular weight is 345 g/mol. The monoisotopic (exact) mass is 345 g/mol.